The van der Waals surface area contributed by atoms with E-state index in [0.29, 0.717) is 24.3 Å². The van der Waals surface area contributed by atoms with E-state index in [1.807, 2.05) is 0 Å². The van der Waals surface area contributed by atoms with Gasteiger partial charge < -0.3 is 10.1 Å². The van der Waals surface area contributed by atoms with Gasteiger partial charge in [0.1, 0.15) is 16.5 Å². The second kappa shape index (κ2) is 9.59. The normalized spacial score (nSPS) is 15.3. The molecule has 0 spiro atoms. The molecule has 0 bridgehead atoms. The van der Waals surface area contributed by atoms with Crippen molar-refractivity contribution in [3.8, 4) is 5.75 Å². The number of amides is 1. The topological polar surface area (TPSA) is 75.7 Å². The standard InChI is InChI=1S/C21H22ClFN2O4S/c1-29-19-9-5-15(13-20(19)30(27,28)25-11-3-2-4-12-25)6-10-21(26)24-16-7-8-18(23)17(22)14-16/h5-10,13-14H,2-4,11-12H2,1H3,(H,24,26)/b10-6+. The molecular weight excluding hydrogens is 431 g/mol. The SMILES string of the molecule is COc1ccc(/C=C/C(=O)Nc2ccc(F)c(Cl)c2)cc1S(=O)(=O)N1CCCCC1. The summed E-state index contributed by atoms with van der Waals surface area (Å²) in [6.07, 6.45) is 5.43. The number of hydrogen-bond donors (Lipinski definition) is 1. The lowest BCUT2D eigenvalue weighted by molar-refractivity contribution is -0.111. The fraction of sp³-hybridized carbons (Fsp3) is 0.286. The molecule has 1 aliphatic rings. The summed E-state index contributed by atoms with van der Waals surface area (Å²) in [4.78, 5) is 12.2. The van der Waals surface area contributed by atoms with Crippen LogP contribution in [0.5, 0.6) is 5.75 Å². The average Bonchev–Trinajstić information content (AvgIpc) is 2.75. The molecule has 2 aromatic carbocycles. The van der Waals surface area contributed by atoms with Gasteiger partial charge in [0.2, 0.25) is 15.9 Å². The zero-order chi connectivity index (χ0) is 21.7. The Balaban J connectivity index is 1.80. The van der Waals surface area contributed by atoms with Gasteiger partial charge in [-0.25, -0.2) is 12.8 Å². The molecule has 1 amide bonds. The third kappa shape index (κ3) is 5.19. The van der Waals surface area contributed by atoms with Gasteiger partial charge in [-0.1, -0.05) is 24.1 Å². The molecule has 0 radical (unpaired) electrons. The van der Waals surface area contributed by atoms with Crippen LogP contribution in [-0.4, -0.2) is 38.8 Å². The minimum absolute atomic E-state index is 0.0692. The summed E-state index contributed by atoms with van der Waals surface area (Å²) in [5.41, 5.74) is 0.873. The summed E-state index contributed by atoms with van der Waals surface area (Å²) < 4.78 is 46.0. The molecule has 1 N–H and O–H groups in total. The van der Waals surface area contributed by atoms with E-state index >= 15 is 0 Å². The van der Waals surface area contributed by atoms with Gasteiger partial charge >= 0.3 is 0 Å². The first-order valence-electron chi connectivity index (χ1n) is 9.43. The van der Waals surface area contributed by atoms with Crippen molar-refractivity contribution in [1.82, 2.24) is 4.31 Å². The highest BCUT2D eigenvalue weighted by molar-refractivity contribution is 7.89. The van der Waals surface area contributed by atoms with Gasteiger partial charge in [-0.3, -0.25) is 4.79 Å². The largest absolute Gasteiger partial charge is 0.495 e. The van der Waals surface area contributed by atoms with Crippen molar-refractivity contribution in [2.24, 2.45) is 0 Å². The van der Waals surface area contributed by atoms with E-state index in [9.17, 15) is 17.6 Å². The zero-order valence-corrected chi connectivity index (χ0v) is 18.0. The molecule has 1 aliphatic heterocycles. The number of carbonyl (C=O) groups is 1. The van der Waals surface area contributed by atoms with Crippen LogP contribution in [0.2, 0.25) is 5.02 Å². The molecule has 30 heavy (non-hydrogen) atoms. The summed E-state index contributed by atoms with van der Waals surface area (Å²) >= 11 is 5.71. The predicted octanol–water partition coefficient (Wildman–Crippen LogP) is 4.31. The summed E-state index contributed by atoms with van der Waals surface area (Å²) in [6, 6.07) is 8.56. The van der Waals surface area contributed by atoms with Crippen LogP contribution in [0.25, 0.3) is 6.08 Å². The van der Waals surface area contributed by atoms with Crippen LogP contribution in [-0.2, 0) is 14.8 Å². The smallest absolute Gasteiger partial charge is 0.248 e. The number of carbonyl (C=O) groups excluding carboxylic acids is 1. The Hall–Kier alpha value is -2.42. The number of benzene rings is 2. The Morgan fingerprint density at radius 1 is 1.17 bits per heavy atom. The number of nitrogens with zero attached hydrogens (tertiary/aromatic N) is 1. The van der Waals surface area contributed by atoms with Gasteiger partial charge in [-0.15, -0.1) is 0 Å². The summed E-state index contributed by atoms with van der Waals surface area (Å²) in [5.74, 6) is -0.789. The number of anilines is 1. The van der Waals surface area contributed by atoms with Crippen LogP contribution < -0.4 is 10.1 Å². The number of nitrogens with one attached hydrogen (secondary N) is 1. The Kier molecular flexibility index (Phi) is 7.12. The molecule has 0 saturated carbocycles. The van der Waals surface area contributed by atoms with Gasteiger partial charge in [0.25, 0.3) is 0 Å². The molecule has 2 aromatic rings. The van der Waals surface area contributed by atoms with Crippen molar-refractivity contribution in [2.45, 2.75) is 24.2 Å². The van der Waals surface area contributed by atoms with Crippen molar-refractivity contribution < 1.29 is 22.3 Å². The van der Waals surface area contributed by atoms with Crippen LogP contribution in [0.1, 0.15) is 24.8 Å². The number of methoxy groups -OCH3 is 1. The van der Waals surface area contributed by atoms with Crippen molar-refractivity contribution in [2.75, 3.05) is 25.5 Å². The molecule has 0 aromatic heterocycles. The lowest BCUT2D eigenvalue weighted by atomic mass is 10.2. The van der Waals surface area contributed by atoms with Crippen molar-refractivity contribution in [3.63, 3.8) is 0 Å². The molecule has 1 saturated heterocycles. The lowest BCUT2D eigenvalue weighted by Crippen LogP contribution is -2.35. The quantitative estimate of drug-likeness (QED) is 0.662. The van der Waals surface area contributed by atoms with Gasteiger partial charge in [-0.05, 0) is 54.8 Å². The second-order valence-corrected chi connectivity index (χ2v) is 9.14. The van der Waals surface area contributed by atoms with Crippen molar-refractivity contribution in [3.05, 3.63) is 58.9 Å². The number of piperidine rings is 1. The molecule has 0 unspecified atom stereocenters. The summed E-state index contributed by atoms with van der Waals surface area (Å²) in [6.45, 7) is 0.961. The molecular formula is C21H22ClFN2O4S. The van der Waals surface area contributed by atoms with E-state index in [1.54, 1.807) is 12.1 Å². The van der Waals surface area contributed by atoms with E-state index in [1.165, 1.54) is 41.8 Å². The average molecular weight is 453 g/mol. The zero-order valence-electron chi connectivity index (χ0n) is 16.4. The van der Waals surface area contributed by atoms with E-state index < -0.39 is 21.7 Å². The minimum Gasteiger partial charge on any atom is -0.495 e. The first-order valence-corrected chi connectivity index (χ1v) is 11.3. The lowest BCUT2D eigenvalue weighted by Gasteiger charge is -2.26. The molecule has 0 atom stereocenters. The number of hydrogen-bond acceptors (Lipinski definition) is 4. The van der Waals surface area contributed by atoms with Crippen molar-refractivity contribution >= 4 is 39.3 Å². The van der Waals surface area contributed by atoms with Gasteiger partial charge in [0.05, 0.1) is 12.1 Å². The second-order valence-electron chi connectivity index (χ2n) is 6.83. The van der Waals surface area contributed by atoms with Crippen LogP contribution >= 0.6 is 11.6 Å². The minimum atomic E-state index is -3.70. The number of ether oxygens (including phenoxy) is 1. The fourth-order valence-electron chi connectivity index (χ4n) is 3.17. The number of sulfonamides is 1. The molecule has 3 rings (SSSR count). The van der Waals surface area contributed by atoms with Gasteiger partial charge in [0.15, 0.2) is 0 Å². The summed E-state index contributed by atoms with van der Waals surface area (Å²) in [5, 5.41) is 2.47. The molecule has 1 heterocycles. The number of halogens is 2. The third-order valence-corrected chi connectivity index (χ3v) is 6.94. The Morgan fingerprint density at radius 2 is 1.90 bits per heavy atom. The van der Waals surface area contributed by atoms with Crippen LogP contribution in [0.4, 0.5) is 10.1 Å². The molecule has 6 nitrogen and oxygen atoms in total. The Morgan fingerprint density at radius 3 is 2.57 bits per heavy atom. The van der Waals surface area contributed by atoms with E-state index in [0.717, 1.165) is 25.3 Å². The maximum absolute atomic E-state index is 13.2. The Bertz CT molecular complexity index is 1070. The monoisotopic (exact) mass is 452 g/mol. The van der Waals surface area contributed by atoms with Gasteiger partial charge in [0, 0.05) is 24.9 Å². The van der Waals surface area contributed by atoms with E-state index in [-0.39, 0.29) is 15.7 Å². The maximum atomic E-state index is 13.2. The molecule has 0 aliphatic carbocycles. The van der Waals surface area contributed by atoms with Crippen LogP contribution in [0, 0.1) is 5.82 Å². The molecule has 9 heteroatoms. The molecule has 1 fully saturated rings. The van der Waals surface area contributed by atoms with Gasteiger partial charge in [-0.2, -0.15) is 4.31 Å². The fourth-order valence-corrected chi connectivity index (χ4v) is 5.06. The summed E-state index contributed by atoms with van der Waals surface area (Å²) in [7, 11) is -2.28. The maximum Gasteiger partial charge on any atom is 0.248 e. The van der Waals surface area contributed by atoms with E-state index in [4.69, 9.17) is 16.3 Å². The highest BCUT2D eigenvalue weighted by atomic mass is 35.5. The highest BCUT2D eigenvalue weighted by Gasteiger charge is 2.29. The highest BCUT2D eigenvalue weighted by Crippen LogP contribution is 2.30. The first-order chi connectivity index (χ1) is 14.3. The third-order valence-electron chi connectivity index (χ3n) is 4.73. The van der Waals surface area contributed by atoms with Crippen LogP contribution in [0.3, 0.4) is 0 Å². The van der Waals surface area contributed by atoms with Crippen molar-refractivity contribution in [1.29, 1.82) is 0 Å². The first kappa shape index (κ1) is 22.3. The van der Waals surface area contributed by atoms with Crippen LogP contribution in [0.15, 0.2) is 47.4 Å². The molecule has 160 valence electrons. The number of rotatable bonds is 6. The van der Waals surface area contributed by atoms with E-state index in [2.05, 4.69) is 5.32 Å². The Labute approximate surface area is 180 Å². The predicted molar refractivity (Wildman–Crippen MR) is 115 cm³/mol.